The number of carbonyl (C=O) groups is 1. The molecule has 5 rings (SSSR count). The molecule has 5 aliphatic rings. The predicted molar refractivity (Wildman–Crippen MR) is 130 cm³/mol. The van der Waals surface area contributed by atoms with Crippen molar-refractivity contribution in [3.63, 3.8) is 0 Å². The lowest BCUT2D eigenvalue weighted by molar-refractivity contribution is -0.156. The third-order valence-corrected chi connectivity index (χ3v) is 12.5. The molecule has 0 aliphatic heterocycles. The summed E-state index contributed by atoms with van der Waals surface area (Å²) < 4.78 is 0. The molecule has 0 radical (unpaired) electrons. The van der Waals surface area contributed by atoms with E-state index < -0.39 is 0 Å². The second-order valence-electron chi connectivity index (χ2n) is 13.8. The van der Waals surface area contributed by atoms with E-state index >= 15 is 0 Å². The third-order valence-electron chi connectivity index (χ3n) is 12.5. The Morgan fingerprint density at radius 3 is 2.39 bits per heavy atom. The van der Waals surface area contributed by atoms with Crippen molar-refractivity contribution < 1.29 is 4.79 Å². The predicted octanol–water partition coefficient (Wildman–Crippen LogP) is 8.15. The van der Waals surface area contributed by atoms with Crippen LogP contribution in [0.1, 0.15) is 106 Å². The maximum Gasteiger partial charge on any atom is 0.138 e. The molecule has 0 N–H and O–H groups in total. The van der Waals surface area contributed by atoms with Gasteiger partial charge in [0.05, 0.1) is 0 Å². The molecule has 0 aromatic carbocycles. The highest BCUT2D eigenvalue weighted by Gasteiger charge is 2.82. The van der Waals surface area contributed by atoms with Crippen molar-refractivity contribution in [2.75, 3.05) is 0 Å². The van der Waals surface area contributed by atoms with Crippen molar-refractivity contribution >= 4 is 5.78 Å². The highest BCUT2D eigenvalue weighted by Crippen LogP contribution is 2.88. The number of hydrogen-bond donors (Lipinski definition) is 0. The summed E-state index contributed by atoms with van der Waals surface area (Å²) in [6.07, 6.45) is 17.7. The maximum atomic E-state index is 12.8. The number of ketones is 1. The Balaban J connectivity index is 1.43. The van der Waals surface area contributed by atoms with Crippen LogP contribution < -0.4 is 0 Å². The van der Waals surface area contributed by atoms with E-state index in [9.17, 15) is 4.79 Å². The van der Waals surface area contributed by atoms with Crippen LogP contribution in [0.5, 0.6) is 0 Å². The number of hydrogen-bond acceptors (Lipinski definition) is 1. The minimum absolute atomic E-state index is 0.0866. The Bertz CT molecular complexity index is 833. The SMILES string of the molecule is C=C(C)/C=C/C[C@@H](C)[C@H]1CC[C@@]2(C)[C@H]3CC[C@H]4C(C)(C)C(=O)CC[C@@]45C[C@@]35CC[C@]12C. The standard InChI is InChI=1S/C30H46O/c1-20(2)9-8-10-21(3)22-13-15-28(7)24-12-11-23-26(4,5)25(31)14-16-29(23)19-30(24,29)18-17-27(22,28)6/h8-9,21-24H,1,10-19H2,2-7H3/b9-8+/t21-,22-,23+,24-,27-,28+,29-,30+/m1/s1. The van der Waals surface area contributed by atoms with Gasteiger partial charge in [0.2, 0.25) is 0 Å². The topological polar surface area (TPSA) is 17.1 Å². The molecule has 0 unspecified atom stereocenters. The van der Waals surface area contributed by atoms with Crippen molar-refractivity contribution in [2.24, 2.45) is 50.7 Å². The van der Waals surface area contributed by atoms with E-state index in [4.69, 9.17) is 0 Å². The second kappa shape index (κ2) is 6.60. The summed E-state index contributed by atoms with van der Waals surface area (Å²) in [7, 11) is 0. The van der Waals surface area contributed by atoms with Crippen molar-refractivity contribution in [1.82, 2.24) is 0 Å². The first-order chi connectivity index (χ1) is 14.4. The number of Topliss-reactive ketones (excluding diaryl/α,β-unsaturated/α-hetero) is 1. The molecule has 5 aliphatic carbocycles. The first kappa shape index (κ1) is 22.0. The van der Waals surface area contributed by atoms with Gasteiger partial charge in [-0.3, -0.25) is 4.79 Å². The molecule has 8 atom stereocenters. The summed E-state index contributed by atoms with van der Waals surface area (Å²) in [6.45, 7) is 18.6. The minimum Gasteiger partial charge on any atom is -0.299 e. The molecule has 0 amide bonds. The van der Waals surface area contributed by atoms with Gasteiger partial charge in [0.15, 0.2) is 0 Å². The highest BCUT2D eigenvalue weighted by molar-refractivity contribution is 5.86. The third kappa shape index (κ3) is 2.59. The molecule has 2 spiro atoms. The van der Waals surface area contributed by atoms with E-state index in [2.05, 4.69) is 60.3 Å². The normalized spacial score (nSPS) is 50.9. The van der Waals surface area contributed by atoms with Crippen molar-refractivity contribution in [2.45, 2.75) is 106 Å². The summed E-state index contributed by atoms with van der Waals surface area (Å²) in [6, 6.07) is 0. The number of allylic oxidation sites excluding steroid dienone is 3. The van der Waals surface area contributed by atoms with Crippen LogP contribution >= 0.6 is 0 Å². The van der Waals surface area contributed by atoms with Gasteiger partial charge in [-0.15, -0.1) is 0 Å². The number of fused-ring (bicyclic) bond motifs is 2. The maximum absolute atomic E-state index is 12.8. The summed E-state index contributed by atoms with van der Waals surface area (Å²) in [5.74, 6) is 3.69. The average molecular weight is 423 g/mol. The lowest BCUT2D eigenvalue weighted by atomic mass is 9.42. The van der Waals surface area contributed by atoms with Crippen LogP contribution in [-0.2, 0) is 4.79 Å². The van der Waals surface area contributed by atoms with Crippen LogP contribution in [0.25, 0.3) is 0 Å². The molecule has 5 fully saturated rings. The quantitative estimate of drug-likeness (QED) is 0.418. The Morgan fingerprint density at radius 2 is 1.68 bits per heavy atom. The molecular formula is C30H46O. The molecule has 0 heterocycles. The Kier molecular flexibility index (Phi) is 4.68. The fraction of sp³-hybridized carbons (Fsp3) is 0.833. The molecule has 0 saturated heterocycles. The van der Waals surface area contributed by atoms with Crippen LogP contribution in [-0.4, -0.2) is 5.78 Å². The van der Waals surface area contributed by atoms with Gasteiger partial charge in [-0.1, -0.05) is 58.9 Å². The van der Waals surface area contributed by atoms with Crippen LogP contribution in [0.2, 0.25) is 0 Å². The van der Waals surface area contributed by atoms with Gasteiger partial charge in [0.25, 0.3) is 0 Å². The van der Waals surface area contributed by atoms with Crippen molar-refractivity contribution in [3.05, 3.63) is 24.3 Å². The van der Waals surface area contributed by atoms with Crippen LogP contribution in [0, 0.1) is 50.7 Å². The average Bonchev–Trinajstić information content (AvgIpc) is 3.27. The van der Waals surface area contributed by atoms with Crippen LogP contribution in [0.4, 0.5) is 0 Å². The molecule has 172 valence electrons. The lowest BCUT2D eigenvalue weighted by Crippen LogP contribution is -2.57. The van der Waals surface area contributed by atoms with E-state index in [1.165, 1.54) is 63.4 Å². The van der Waals surface area contributed by atoms with E-state index in [1.807, 2.05) is 0 Å². The van der Waals surface area contributed by atoms with Gasteiger partial charge in [-0.2, -0.15) is 0 Å². The molecule has 0 bridgehead atoms. The molecule has 1 heteroatoms. The Morgan fingerprint density at radius 1 is 1.00 bits per heavy atom. The summed E-state index contributed by atoms with van der Waals surface area (Å²) in [5, 5.41) is 0. The Hall–Kier alpha value is -0.850. The molecule has 5 saturated carbocycles. The molecule has 1 nitrogen and oxygen atoms in total. The smallest absolute Gasteiger partial charge is 0.138 e. The molecule has 31 heavy (non-hydrogen) atoms. The van der Waals surface area contributed by atoms with Gasteiger partial charge in [0, 0.05) is 11.8 Å². The molecular weight excluding hydrogens is 376 g/mol. The minimum atomic E-state index is -0.0866. The second-order valence-corrected chi connectivity index (χ2v) is 13.8. The number of rotatable bonds is 4. The van der Waals surface area contributed by atoms with Crippen LogP contribution in [0.3, 0.4) is 0 Å². The molecule has 0 aromatic rings. The van der Waals surface area contributed by atoms with Gasteiger partial charge in [-0.25, -0.2) is 0 Å². The summed E-state index contributed by atoms with van der Waals surface area (Å²) >= 11 is 0. The van der Waals surface area contributed by atoms with Gasteiger partial charge < -0.3 is 0 Å². The monoisotopic (exact) mass is 422 g/mol. The summed E-state index contributed by atoms with van der Waals surface area (Å²) in [4.78, 5) is 12.8. The fourth-order valence-corrected chi connectivity index (χ4v) is 10.8. The molecule has 0 aromatic heterocycles. The largest absolute Gasteiger partial charge is 0.299 e. The van der Waals surface area contributed by atoms with E-state index in [0.29, 0.717) is 33.4 Å². The zero-order valence-corrected chi connectivity index (χ0v) is 21.2. The zero-order chi connectivity index (χ0) is 22.4. The van der Waals surface area contributed by atoms with Gasteiger partial charge in [-0.05, 0) is 110 Å². The first-order valence-electron chi connectivity index (χ1n) is 13.3. The summed E-state index contributed by atoms with van der Waals surface area (Å²) in [5.41, 5.74) is 3.12. The van der Waals surface area contributed by atoms with E-state index in [-0.39, 0.29) is 5.41 Å². The zero-order valence-electron chi connectivity index (χ0n) is 21.2. The van der Waals surface area contributed by atoms with Crippen molar-refractivity contribution in [1.29, 1.82) is 0 Å². The highest BCUT2D eigenvalue weighted by atomic mass is 16.1. The van der Waals surface area contributed by atoms with E-state index in [1.54, 1.807) is 0 Å². The number of carbonyl (C=O) groups excluding carboxylic acids is 1. The first-order valence-corrected chi connectivity index (χ1v) is 13.3. The van der Waals surface area contributed by atoms with E-state index in [0.717, 1.165) is 24.2 Å². The van der Waals surface area contributed by atoms with Gasteiger partial charge >= 0.3 is 0 Å². The van der Waals surface area contributed by atoms with Gasteiger partial charge in [0.1, 0.15) is 5.78 Å². The fourth-order valence-electron chi connectivity index (χ4n) is 10.8. The Labute approximate surface area is 191 Å². The van der Waals surface area contributed by atoms with Crippen LogP contribution in [0.15, 0.2) is 24.3 Å². The van der Waals surface area contributed by atoms with Crippen molar-refractivity contribution in [3.8, 4) is 0 Å². The lowest BCUT2D eigenvalue weighted by Gasteiger charge is -2.62.